The minimum Gasteiger partial charge on any atom is -0.330 e. The number of hydrogen-bond acceptors (Lipinski definition) is 3. The monoisotopic (exact) mass is 231 g/mol. The van der Waals surface area contributed by atoms with Crippen molar-refractivity contribution >= 4 is 11.3 Å². The average Bonchev–Trinajstić information content (AvgIpc) is 2.87. The lowest BCUT2D eigenvalue weighted by atomic mass is 10.2. The number of nitrogens with zero attached hydrogens (tertiary/aromatic N) is 2. The van der Waals surface area contributed by atoms with E-state index < -0.39 is 0 Å². The van der Waals surface area contributed by atoms with E-state index in [4.69, 9.17) is 5.73 Å². The third-order valence-corrected chi connectivity index (χ3v) is 3.21. The van der Waals surface area contributed by atoms with Crippen LogP contribution in [0, 0.1) is 18.8 Å². The summed E-state index contributed by atoms with van der Waals surface area (Å²) in [6.45, 7) is 3.23. The van der Waals surface area contributed by atoms with Crippen molar-refractivity contribution in [3.05, 3.63) is 40.1 Å². The molecule has 2 rings (SSSR count). The molecule has 2 heterocycles. The molecule has 4 heteroatoms. The topological polar surface area (TPSA) is 43.8 Å². The standard InChI is InChI=1S/C12H13N3S/c1-10-14-6-7-15(10)9-12-11(3-2-5-13)4-8-16-12/h4,6-8H,5,9,13H2,1H3. The van der Waals surface area contributed by atoms with E-state index in [-0.39, 0.29) is 0 Å². The highest BCUT2D eigenvalue weighted by Gasteiger charge is 2.04. The lowest BCUT2D eigenvalue weighted by molar-refractivity contribution is 0.771. The maximum Gasteiger partial charge on any atom is 0.105 e. The molecule has 0 fully saturated rings. The van der Waals surface area contributed by atoms with Crippen LogP contribution in [0.1, 0.15) is 16.3 Å². The Bertz CT molecular complexity index is 528. The molecule has 0 saturated carbocycles. The first kappa shape index (κ1) is 10.9. The molecule has 0 aliphatic heterocycles. The molecule has 0 unspecified atom stereocenters. The fourth-order valence-electron chi connectivity index (χ4n) is 1.45. The van der Waals surface area contributed by atoms with Gasteiger partial charge in [-0.1, -0.05) is 11.8 Å². The van der Waals surface area contributed by atoms with Gasteiger partial charge in [0.05, 0.1) is 13.1 Å². The van der Waals surface area contributed by atoms with Crippen LogP contribution in [0.3, 0.4) is 0 Å². The summed E-state index contributed by atoms with van der Waals surface area (Å²) >= 11 is 1.71. The second-order valence-electron chi connectivity index (χ2n) is 3.37. The fraction of sp³-hybridized carbons (Fsp3) is 0.250. The second kappa shape index (κ2) is 4.97. The van der Waals surface area contributed by atoms with Gasteiger partial charge in [-0.3, -0.25) is 0 Å². The molecule has 3 nitrogen and oxygen atoms in total. The van der Waals surface area contributed by atoms with Crippen LogP contribution in [0.15, 0.2) is 23.8 Å². The van der Waals surface area contributed by atoms with Gasteiger partial charge in [-0.25, -0.2) is 4.98 Å². The van der Waals surface area contributed by atoms with Gasteiger partial charge in [-0.2, -0.15) is 0 Å². The van der Waals surface area contributed by atoms with Crippen molar-refractivity contribution in [2.24, 2.45) is 5.73 Å². The quantitative estimate of drug-likeness (QED) is 0.798. The highest BCUT2D eigenvalue weighted by atomic mass is 32.1. The number of thiophene rings is 1. The van der Waals surface area contributed by atoms with Gasteiger partial charge in [0.15, 0.2) is 0 Å². The van der Waals surface area contributed by atoms with Crippen molar-refractivity contribution in [1.82, 2.24) is 9.55 Å². The first-order valence-corrected chi connectivity index (χ1v) is 5.92. The highest BCUT2D eigenvalue weighted by molar-refractivity contribution is 7.10. The molecule has 2 aromatic rings. The van der Waals surface area contributed by atoms with Crippen molar-refractivity contribution in [2.45, 2.75) is 13.5 Å². The molecular formula is C12H13N3S. The van der Waals surface area contributed by atoms with E-state index in [0.717, 1.165) is 17.9 Å². The van der Waals surface area contributed by atoms with Gasteiger partial charge in [-0.15, -0.1) is 11.3 Å². The smallest absolute Gasteiger partial charge is 0.105 e. The zero-order valence-electron chi connectivity index (χ0n) is 9.10. The van der Waals surface area contributed by atoms with E-state index in [1.165, 1.54) is 4.88 Å². The molecule has 0 amide bonds. The molecule has 0 spiro atoms. The first-order chi connectivity index (χ1) is 7.81. The minimum atomic E-state index is 0.402. The SMILES string of the molecule is Cc1nccn1Cc1sccc1C#CCN. The van der Waals surface area contributed by atoms with Crippen molar-refractivity contribution in [3.8, 4) is 11.8 Å². The Morgan fingerprint density at radius 3 is 3.12 bits per heavy atom. The van der Waals surface area contributed by atoms with Gasteiger partial charge in [0.25, 0.3) is 0 Å². The van der Waals surface area contributed by atoms with Crippen LogP contribution in [0.25, 0.3) is 0 Å². The van der Waals surface area contributed by atoms with Gasteiger partial charge >= 0.3 is 0 Å². The second-order valence-corrected chi connectivity index (χ2v) is 4.37. The maximum atomic E-state index is 5.37. The first-order valence-electron chi connectivity index (χ1n) is 5.04. The normalized spacial score (nSPS) is 9.88. The van der Waals surface area contributed by atoms with Gasteiger partial charge in [0, 0.05) is 22.8 Å². The average molecular weight is 231 g/mol. The largest absolute Gasteiger partial charge is 0.330 e. The summed E-state index contributed by atoms with van der Waals surface area (Å²) < 4.78 is 2.11. The molecular weight excluding hydrogens is 218 g/mol. The highest BCUT2D eigenvalue weighted by Crippen LogP contribution is 2.17. The number of rotatable bonds is 2. The van der Waals surface area contributed by atoms with Crippen LogP contribution in [-0.4, -0.2) is 16.1 Å². The Morgan fingerprint density at radius 2 is 2.44 bits per heavy atom. The predicted molar refractivity (Wildman–Crippen MR) is 66.3 cm³/mol. The molecule has 0 saturated heterocycles. The van der Waals surface area contributed by atoms with Gasteiger partial charge in [0.1, 0.15) is 5.82 Å². The Hall–Kier alpha value is -1.57. The lowest BCUT2D eigenvalue weighted by Gasteiger charge is -2.03. The summed E-state index contributed by atoms with van der Waals surface area (Å²) in [7, 11) is 0. The summed E-state index contributed by atoms with van der Waals surface area (Å²) in [6.07, 6.45) is 3.80. The van der Waals surface area contributed by atoms with Gasteiger partial charge in [-0.05, 0) is 18.4 Å². The van der Waals surface area contributed by atoms with E-state index in [1.807, 2.05) is 25.4 Å². The molecule has 2 N–H and O–H groups in total. The molecule has 0 atom stereocenters. The summed E-state index contributed by atoms with van der Waals surface area (Å²) in [4.78, 5) is 5.45. The van der Waals surface area contributed by atoms with E-state index in [2.05, 4.69) is 26.8 Å². The molecule has 2 aromatic heterocycles. The Kier molecular flexibility index (Phi) is 3.40. The van der Waals surface area contributed by atoms with Crippen molar-refractivity contribution < 1.29 is 0 Å². The molecule has 82 valence electrons. The van der Waals surface area contributed by atoms with Crippen LogP contribution >= 0.6 is 11.3 Å². The number of nitrogens with two attached hydrogens (primary N) is 1. The fourth-order valence-corrected chi connectivity index (χ4v) is 2.27. The van der Waals surface area contributed by atoms with Crippen molar-refractivity contribution in [1.29, 1.82) is 0 Å². The van der Waals surface area contributed by atoms with Crippen LogP contribution in [-0.2, 0) is 6.54 Å². The molecule has 0 aliphatic rings. The lowest BCUT2D eigenvalue weighted by Crippen LogP contribution is -2.00. The number of aromatic nitrogens is 2. The van der Waals surface area contributed by atoms with Crippen LogP contribution in [0.5, 0.6) is 0 Å². The summed E-state index contributed by atoms with van der Waals surface area (Å²) in [5.41, 5.74) is 6.44. The molecule has 16 heavy (non-hydrogen) atoms. The molecule has 0 radical (unpaired) electrons. The predicted octanol–water partition coefficient (Wildman–Crippen LogP) is 1.61. The Balaban J connectivity index is 2.22. The van der Waals surface area contributed by atoms with Crippen LogP contribution < -0.4 is 5.73 Å². The number of imidazole rings is 1. The maximum absolute atomic E-state index is 5.37. The molecule has 0 aromatic carbocycles. The Morgan fingerprint density at radius 1 is 1.56 bits per heavy atom. The van der Waals surface area contributed by atoms with Crippen LogP contribution in [0.4, 0.5) is 0 Å². The zero-order chi connectivity index (χ0) is 11.4. The Labute approximate surface area is 98.9 Å². The van der Waals surface area contributed by atoms with Gasteiger partial charge in [0.2, 0.25) is 0 Å². The number of aryl methyl sites for hydroxylation is 1. The van der Waals surface area contributed by atoms with E-state index >= 15 is 0 Å². The van der Waals surface area contributed by atoms with Crippen molar-refractivity contribution in [3.63, 3.8) is 0 Å². The summed E-state index contributed by atoms with van der Waals surface area (Å²) in [6, 6.07) is 2.04. The van der Waals surface area contributed by atoms with Crippen LogP contribution in [0.2, 0.25) is 0 Å². The summed E-state index contributed by atoms with van der Waals surface area (Å²) in [5.74, 6) is 6.99. The van der Waals surface area contributed by atoms with E-state index in [0.29, 0.717) is 6.54 Å². The minimum absolute atomic E-state index is 0.402. The van der Waals surface area contributed by atoms with Gasteiger partial charge < -0.3 is 10.3 Å². The van der Waals surface area contributed by atoms with E-state index in [1.54, 1.807) is 11.3 Å². The molecule has 0 bridgehead atoms. The third-order valence-electron chi connectivity index (χ3n) is 2.31. The molecule has 0 aliphatic carbocycles. The zero-order valence-corrected chi connectivity index (χ0v) is 9.92. The van der Waals surface area contributed by atoms with E-state index in [9.17, 15) is 0 Å². The third kappa shape index (κ3) is 2.32. The van der Waals surface area contributed by atoms with Crippen molar-refractivity contribution in [2.75, 3.05) is 6.54 Å². The number of hydrogen-bond donors (Lipinski definition) is 1. The summed E-state index contributed by atoms with van der Waals surface area (Å²) in [5, 5.41) is 2.06.